The average Bonchev–Trinajstić information content (AvgIpc) is 2.42. The molecule has 0 saturated heterocycles. The van der Waals surface area contributed by atoms with Crippen LogP contribution in [0.5, 0.6) is 5.75 Å². The summed E-state index contributed by atoms with van der Waals surface area (Å²) in [6, 6.07) is 5.76. The first-order chi connectivity index (χ1) is 10.8. The van der Waals surface area contributed by atoms with E-state index in [2.05, 4.69) is 26.4 Å². The van der Waals surface area contributed by atoms with Crippen molar-refractivity contribution >= 4 is 22.0 Å². The van der Waals surface area contributed by atoms with Gasteiger partial charge in [-0.2, -0.15) is 0 Å². The molecule has 23 heavy (non-hydrogen) atoms. The quantitative estimate of drug-likeness (QED) is 0.297. The normalized spacial score (nSPS) is 11.0. The number of ether oxygens (including phenoxy) is 1. The third-order valence-corrected chi connectivity index (χ3v) is 3.01. The maximum atomic E-state index is 12.0. The van der Waals surface area contributed by atoms with Crippen molar-refractivity contribution in [3.05, 3.63) is 63.8 Å². The topological polar surface area (TPSA) is 9.23 Å². The largest absolute Gasteiger partial charge is 0.573 e. The summed E-state index contributed by atoms with van der Waals surface area (Å²) in [4.78, 5) is 0. The van der Waals surface area contributed by atoms with Crippen LogP contribution in [0.2, 0.25) is 0 Å². The Kier molecular flexibility index (Phi) is 7.93. The Morgan fingerprint density at radius 2 is 1.83 bits per heavy atom. The Morgan fingerprint density at radius 3 is 2.39 bits per heavy atom. The average molecular weight is 387 g/mol. The van der Waals surface area contributed by atoms with Gasteiger partial charge in [0.2, 0.25) is 0 Å². The molecule has 1 rings (SSSR count). The summed E-state index contributed by atoms with van der Waals surface area (Å²) in [5, 5.41) is 0. The molecule has 0 aliphatic heterocycles. The van der Waals surface area contributed by atoms with E-state index in [1.165, 1.54) is 17.7 Å². The minimum Gasteiger partial charge on any atom is -0.406 e. The Labute approximate surface area is 143 Å². The van der Waals surface area contributed by atoms with Gasteiger partial charge in [0, 0.05) is 0 Å². The van der Waals surface area contributed by atoms with Crippen molar-refractivity contribution in [1.82, 2.24) is 0 Å². The standard InChI is InChI=1S/C18H18BrF3O/c1-14(2)13-16(19)8-6-4-3-5-7-15-9-11-17(12-10-15)23-18(20,21)22/h5-7,9-13H,3-4H2,1-2H3/b7-5+. The molecule has 0 fully saturated rings. The third-order valence-electron chi connectivity index (χ3n) is 2.56. The first kappa shape index (κ1) is 19.3. The van der Waals surface area contributed by atoms with Gasteiger partial charge < -0.3 is 4.74 Å². The second-order valence-corrected chi connectivity index (χ2v) is 5.87. The number of alkyl halides is 3. The maximum absolute atomic E-state index is 12.0. The van der Waals surface area contributed by atoms with Crippen LogP contribution in [-0.2, 0) is 0 Å². The van der Waals surface area contributed by atoms with Crippen LogP contribution in [0.25, 0.3) is 6.08 Å². The van der Waals surface area contributed by atoms with Crippen molar-refractivity contribution in [2.75, 3.05) is 0 Å². The highest BCUT2D eigenvalue weighted by Crippen LogP contribution is 2.23. The lowest BCUT2D eigenvalue weighted by molar-refractivity contribution is -0.274. The molecule has 1 nitrogen and oxygen atoms in total. The molecule has 0 aliphatic rings. The lowest BCUT2D eigenvalue weighted by Gasteiger charge is -2.08. The number of hydrogen-bond acceptors (Lipinski definition) is 1. The highest BCUT2D eigenvalue weighted by molar-refractivity contribution is 9.11. The van der Waals surface area contributed by atoms with Crippen molar-refractivity contribution in [2.45, 2.75) is 33.1 Å². The second-order valence-electron chi connectivity index (χ2n) is 5.01. The van der Waals surface area contributed by atoms with Crippen LogP contribution in [0.3, 0.4) is 0 Å². The van der Waals surface area contributed by atoms with Gasteiger partial charge in [-0.05, 0) is 72.5 Å². The zero-order valence-corrected chi connectivity index (χ0v) is 14.5. The van der Waals surface area contributed by atoms with Gasteiger partial charge in [0.1, 0.15) is 5.75 Å². The molecular formula is C18H18BrF3O. The molecule has 1 aromatic rings. The summed E-state index contributed by atoms with van der Waals surface area (Å²) in [6.45, 7) is 4.02. The minimum absolute atomic E-state index is 0.216. The smallest absolute Gasteiger partial charge is 0.406 e. The maximum Gasteiger partial charge on any atom is 0.573 e. The van der Waals surface area contributed by atoms with E-state index in [9.17, 15) is 13.2 Å². The molecule has 0 N–H and O–H groups in total. The van der Waals surface area contributed by atoms with Gasteiger partial charge in [-0.25, -0.2) is 0 Å². The van der Waals surface area contributed by atoms with Crippen LogP contribution in [0.1, 0.15) is 32.3 Å². The second kappa shape index (κ2) is 9.43. The molecule has 0 radical (unpaired) electrons. The molecule has 0 aromatic heterocycles. The van der Waals surface area contributed by atoms with E-state index in [-0.39, 0.29) is 5.75 Å². The number of benzene rings is 1. The zero-order chi connectivity index (χ0) is 17.3. The Bertz CT molecular complexity index is 615. The number of halogens is 4. The molecule has 0 atom stereocenters. The van der Waals surface area contributed by atoms with Gasteiger partial charge >= 0.3 is 6.36 Å². The number of rotatable bonds is 6. The van der Waals surface area contributed by atoms with E-state index in [1.807, 2.05) is 38.2 Å². The van der Waals surface area contributed by atoms with Crippen LogP contribution in [-0.4, -0.2) is 6.36 Å². The highest BCUT2D eigenvalue weighted by Gasteiger charge is 2.30. The molecule has 0 unspecified atom stereocenters. The summed E-state index contributed by atoms with van der Waals surface area (Å²) in [5.74, 6) is -0.216. The van der Waals surface area contributed by atoms with Gasteiger partial charge in [-0.1, -0.05) is 29.9 Å². The van der Waals surface area contributed by atoms with E-state index in [4.69, 9.17) is 0 Å². The van der Waals surface area contributed by atoms with Crippen LogP contribution in [0, 0.1) is 0 Å². The summed E-state index contributed by atoms with van der Waals surface area (Å²) < 4.78 is 40.8. The van der Waals surface area contributed by atoms with E-state index >= 15 is 0 Å². The van der Waals surface area contributed by atoms with Crippen molar-refractivity contribution in [1.29, 1.82) is 0 Å². The van der Waals surface area contributed by atoms with Crippen molar-refractivity contribution < 1.29 is 17.9 Å². The molecule has 0 amide bonds. The lowest BCUT2D eigenvalue weighted by Crippen LogP contribution is -2.16. The molecule has 0 spiro atoms. The van der Waals surface area contributed by atoms with Gasteiger partial charge in [-0.15, -0.1) is 18.9 Å². The third kappa shape index (κ3) is 9.82. The Morgan fingerprint density at radius 1 is 1.17 bits per heavy atom. The molecule has 124 valence electrons. The summed E-state index contributed by atoms with van der Waals surface area (Å²) in [5.41, 5.74) is 5.13. The molecule has 0 saturated carbocycles. The van der Waals surface area contributed by atoms with Crippen LogP contribution in [0.4, 0.5) is 13.2 Å². The predicted octanol–water partition coefficient (Wildman–Crippen LogP) is 6.78. The number of unbranched alkanes of at least 4 members (excludes halogenated alkanes) is 1. The molecule has 0 heterocycles. The van der Waals surface area contributed by atoms with Gasteiger partial charge in [-0.3, -0.25) is 0 Å². The van der Waals surface area contributed by atoms with E-state index in [0.29, 0.717) is 0 Å². The van der Waals surface area contributed by atoms with Gasteiger partial charge in [0.05, 0.1) is 4.48 Å². The minimum atomic E-state index is -4.66. The lowest BCUT2D eigenvalue weighted by atomic mass is 10.2. The zero-order valence-electron chi connectivity index (χ0n) is 13.0. The van der Waals surface area contributed by atoms with Crippen LogP contribution < -0.4 is 4.74 Å². The summed E-state index contributed by atoms with van der Waals surface area (Å²) >= 11 is 3.40. The fourth-order valence-electron chi connectivity index (χ4n) is 1.64. The van der Waals surface area contributed by atoms with Crippen LogP contribution in [0.15, 0.2) is 58.3 Å². The molecular weight excluding hydrogens is 369 g/mol. The first-order valence-electron chi connectivity index (χ1n) is 7.04. The van der Waals surface area contributed by atoms with E-state index in [0.717, 1.165) is 22.9 Å². The fraction of sp³-hybridized carbons (Fsp3) is 0.278. The van der Waals surface area contributed by atoms with Gasteiger partial charge in [0.15, 0.2) is 0 Å². The molecule has 0 aliphatic carbocycles. The van der Waals surface area contributed by atoms with Crippen molar-refractivity contribution in [2.24, 2.45) is 0 Å². The monoisotopic (exact) mass is 386 g/mol. The van der Waals surface area contributed by atoms with E-state index in [1.54, 1.807) is 12.1 Å². The molecule has 1 aromatic carbocycles. The number of allylic oxidation sites excluding steroid dienone is 4. The highest BCUT2D eigenvalue weighted by atomic mass is 79.9. The fourth-order valence-corrected chi connectivity index (χ4v) is 2.26. The van der Waals surface area contributed by atoms with E-state index < -0.39 is 6.36 Å². The first-order valence-corrected chi connectivity index (χ1v) is 7.83. The SMILES string of the molecule is CC(C)=CC(Br)=C=CCC/C=C/c1ccc(OC(F)(F)F)cc1. The summed E-state index contributed by atoms with van der Waals surface area (Å²) in [7, 11) is 0. The number of hydrogen-bond donors (Lipinski definition) is 0. The van der Waals surface area contributed by atoms with Crippen LogP contribution >= 0.6 is 15.9 Å². The Balaban J connectivity index is 2.47. The van der Waals surface area contributed by atoms with Crippen molar-refractivity contribution in [3.8, 4) is 5.75 Å². The molecule has 0 bridgehead atoms. The molecule has 5 heteroatoms. The Hall–Kier alpha value is -1.71. The summed E-state index contributed by atoms with van der Waals surface area (Å²) in [6.07, 6.45) is 4.75. The van der Waals surface area contributed by atoms with Gasteiger partial charge in [0.25, 0.3) is 0 Å². The predicted molar refractivity (Wildman–Crippen MR) is 91.3 cm³/mol. The van der Waals surface area contributed by atoms with Crippen molar-refractivity contribution in [3.63, 3.8) is 0 Å².